The molecule has 0 saturated heterocycles. The molecule has 0 unspecified atom stereocenters. The van der Waals surface area contributed by atoms with Crippen LogP contribution in [-0.4, -0.2) is 18.3 Å². The number of para-hydroxylation sites is 6. The molecule has 0 saturated carbocycles. The Hall–Kier alpha value is -9.16. The molecule has 0 fully saturated rings. The second-order valence-electron chi connectivity index (χ2n) is 18.1. The van der Waals surface area contributed by atoms with Crippen LogP contribution in [0.2, 0.25) is 0 Å². The Morgan fingerprint density at radius 1 is 0.301 bits per heavy atom. The summed E-state index contributed by atoms with van der Waals surface area (Å²) >= 11 is 0. The van der Waals surface area contributed by atoms with Gasteiger partial charge in [0.2, 0.25) is 5.82 Å². The number of alkyl halides is 3. The van der Waals surface area contributed by atoms with Gasteiger partial charge in [0.15, 0.2) is 23.3 Å². The number of benzene rings is 10. The van der Waals surface area contributed by atoms with Crippen LogP contribution in [0.3, 0.4) is 0 Å². The van der Waals surface area contributed by atoms with Crippen LogP contribution in [0.5, 0.6) is 0 Å². The lowest BCUT2D eigenvalue weighted by Gasteiger charge is -2.23. The summed E-state index contributed by atoms with van der Waals surface area (Å²) in [5.41, 5.74) is 1.33. The molecule has 10 aromatic carbocycles. The molecule has 0 aliphatic heterocycles. The number of nitrogens with zero attached hydrogens (tertiary/aromatic N) is 4. The molecule has 12 heteroatoms. The zero-order chi connectivity index (χ0) is 49.6. The van der Waals surface area contributed by atoms with Gasteiger partial charge in [0, 0.05) is 60.0 Å². The minimum atomic E-state index is -5.18. The molecule has 14 aromatic rings. The predicted octanol–water partition coefficient (Wildman–Crippen LogP) is 17.5. The summed E-state index contributed by atoms with van der Waals surface area (Å²) in [5, 5.41) is 4.81. The van der Waals surface area contributed by atoms with Gasteiger partial charge >= 0.3 is 6.18 Å². The maximum absolute atomic E-state index is 16.9. The van der Waals surface area contributed by atoms with Crippen molar-refractivity contribution in [1.82, 2.24) is 18.3 Å². The molecule has 352 valence electrons. The lowest BCUT2D eigenvalue weighted by atomic mass is 9.96. The molecule has 4 aromatic heterocycles. The number of hydrogen-bond acceptors (Lipinski definition) is 0. The van der Waals surface area contributed by atoms with E-state index in [9.17, 15) is 0 Å². The normalized spacial score (nSPS) is 12.4. The van der Waals surface area contributed by atoms with Crippen molar-refractivity contribution in [2.24, 2.45) is 0 Å². The predicted molar refractivity (Wildman–Crippen MR) is 274 cm³/mol. The molecule has 0 bridgehead atoms. The van der Waals surface area contributed by atoms with Gasteiger partial charge in [-0.05, 0) is 72.8 Å². The second-order valence-corrected chi connectivity index (χ2v) is 18.1. The van der Waals surface area contributed by atoms with Crippen molar-refractivity contribution in [2.75, 3.05) is 0 Å². The smallest absolute Gasteiger partial charge is 0.309 e. The minimum Gasteiger partial charge on any atom is -0.309 e. The van der Waals surface area contributed by atoms with E-state index < -0.39 is 63.3 Å². The van der Waals surface area contributed by atoms with Gasteiger partial charge in [0.1, 0.15) is 0 Å². The highest BCUT2D eigenvalue weighted by Crippen LogP contribution is 2.50. The number of aromatic nitrogens is 4. The molecule has 0 amide bonds. The number of halogens is 8. The summed E-state index contributed by atoms with van der Waals surface area (Å²) in [7, 11) is 0. The molecular weight excluding hydrogens is 941 g/mol. The summed E-state index contributed by atoms with van der Waals surface area (Å²) in [6, 6.07) is 56.9. The van der Waals surface area contributed by atoms with Crippen LogP contribution >= 0.6 is 0 Å². The molecule has 0 aliphatic rings. The average molecular weight is 973 g/mol. The Morgan fingerprint density at radius 3 is 1.11 bits per heavy atom. The monoisotopic (exact) mass is 972 g/mol. The number of fused-ring (bicyclic) bond motifs is 14. The topological polar surface area (TPSA) is 19.7 Å². The summed E-state index contributed by atoms with van der Waals surface area (Å²) in [4.78, 5) is 0. The number of rotatable bonds is 5. The van der Waals surface area contributed by atoms with Crippen molar-refractivity contribution in [2.45, 2.75) is 6.18 Å². The van der Waals surface area contributed by atoms with Gasteiger partial charge in [-0.25, -0.2) is 22.0 Å². The molecule has 0 radical (unpaired) electrons. The summed E-state index contributed by atoms with van der Waals surface area (Å²) in [6.07, 6.45) is -5.18. The summed E-state index contributed by atoms with van der Waals surface area (Å²) in [5.74, 6) is -11.3. The molecular formula is C61H32F8N4. The largest absolute Gasteiger partial charge is 0.418 e. The Labute approximate surface area is 408 Å². The third kappa shape index (κ3) is 5.88. The quantitative estimate of drug-likeness (QED) is 0.0930. The van der Waals surface area contributed by atoms with Crippen LogP contribution in [0, 0.1) is 29.1 Å². The first-order chi connectivity index (χ1) is 35.5. The first-order valence-corrected chi connectivity index (χ1v) is 23.3. The molecule has 0 aliphatic carbocycles. The Balaban J connectivity index is 1.21. The fourth-order valence-corrected chi connectivity index (χ4v) is 11.4. The molecule has 0 N–H and O–H groups in total. The molecule has 73 heavy (non-hydrogen) atoms. The van der Waals surface area contributed by atoms with E-state index in [0.717, 1.165) is 34.5 Å². The van der Waals surface area contributed by atoms with Crippen molar-refractivity contribution in [3.63, 3.8) is 0 Å². The highest BCUT2D eigenvalue weighted by Gasteiger charge is 2.39. The van der Waals surface area contributed by atoms with Gasteiger partial charge < -0.3 is 18.3 Å². The van der Waals surface area contributed by atoms with E-state index in [4.69, 9.17) is 0 Å². The van der Waals surface area contributed by atoms with Crippen molar-refractivity contribution in [1.29, 1.82) is 0 Å². The minimum absolute atomic E-state index is 0.301. The van der Waals surface area contributed by atoms with Gasteiger partial charge in [-0.3, -0.25) is 0 Å². The maximum Gasteiger partial charge on any atom is 0.418 e. The molecule has 0 spiro atoms. The van der Waals surface area contributed by atoms with Gasteiger partial charge in [-0.15, -0.1) is 0 Å². The average Bonchev–Trinajstić information content (AvgIpc) is 4.15. The van der Waals surface area contributed by atoms with Crippen molar-refractivity contribution in [3.05, 3.63) is 229 Å². The van der Waals surface area contributed by atoms with E-state index in [0.29, 0.717) is 76.2 Å². The van der Waals surface area contributed by atoms with Gasteiger partial charge in [-0.2, -0.15) is 13.2 Å². The van der Waals surface area contributed by atoms with Gasteiger partial charge in [-0.1, -0.05) is 121 Å². The first kappa shape index (κ1) is 42.7. The zero-order valence-corrected chi connectivity index (χ0v) is 37.8. The van der Waals surface area contributed by atoms with Crippen LogP contribution < -0.4 is 0 Å². The van der Waals surface area contributed by atoms with E-state index in [1.54, 1.807) is 48.5 Å². The highest BCUT2D eigenvalue weighted by atomic mass is 19.4. The summed E-state index contributed by atoms with van der Waals surface area (Å²) < 4.78 is 137. The lowest BCUT2D eigenvalue weighted by Crippen LogP contribution is -2.14. The Bertz CT molecular complexity index is 4630. The fraction of sp³-hybridized carbons (Fsp3) is 0.0164. The van der Waals surface area contributed by atoms with Crippen LogP contribution in [0.1, 0.15) is 5.56 Å². The van der Waals surface area contributed by atoms with E-state index in [1.807, 2.05) is 143 Å². The molecule has 4 nitrogen and oxygen atoms in total. The highest BCUT2D eigenvalue weighted by molar-refractivity contribution is 6.28. The van der Waals surface area contributed by atoms with E-state index in [1.165, 1.54) is 9.13 Å². The third-order valence-corrected chi connectivity index (χ3v) is 14.3. The maximum atomic E-state index is 16.9. The number of hydrogen-bond donors (Lipinski definition) is 0. The van der Waals surface area contributed by atoms with Crippen molar-refractivity contribution < 1.29 is 35.1 Å². The Kier molecular flexibility index (Phi) is 9.02. The molecule has 0 atom stereocenters. The Morgan fingerprint density at radius 2 is 0.671 bits per heavy atom. The zero-order valence-electron chi connectivity index (χ0n) is 37.8. The van der Waals surface area contributed by atoms with Crippen LogP contribution in [0.4, 0.5) is 35.1 Å². The molecule has 4 heterocycles. The first-order valence-electron chi connectivity index (χ1n) is 23.3. The second kappa shape index (κ2) is 15.4. The summed E-state index contributed by atoms with van der Waals surface area (Å²) in [6.45, 7) is 0. The van der Waals surface area contributed by atoms with E-state index in [2.05, 4.69) is 0 Å². The lowest BCUT2D eigenvalue weighted by molar-refractivity contribution is -0.137. The van der Waals surface area contributed by atoms with E-state index >= 15 is 35.1 Å². The van der Waals surface area contributed by atoms with E-state index in [-0.39, 0.29) is 0 Å². The fourth-order valence-electron chi connectivity index (χ4n) is 11.4. The van der Waals surface area contributed by atoms with Crippen molar-refractivity contribution >= 4 is 87.2 Å². The standard InChI is InChI=1S/C61H32F8N4/c62-54-53(55(63)57(65)58(66)56(54)64)41-31-50(73-44-24-12-8-20-36(44)38-28-30-48-52(60(38)73)40-22-10-14-26-46(40)71(48)34-17-5-2-6-18-34)42(61(67,68)69)32-49(41)72-43-23-11-7-19-35(43)37-27-29-47-51(59(37)72)39-21-9-13-25-45(39)70(47)33-15-3-1-4-16-33/h1-32H. The SMILES string of the molecule is Fc1c(F)c(F)c(-c2cc(-n3c4ccccc4c4ccc5c(c6ccccc6n5-c5ccccc5)c43)c(C(F)(F)F)cc2-n2c3ccccc3c3ccc4c(c5ccccc5n4-c4ccccc4)c32)c(F)c1F. The third-order valence-electron chi connectivity index (χ3n) is 14.3. The molecule has 14 rings (SSSR count). The van der Waals surface area contributed by atoms with Gasteiger partial charge in [0.25, 0.3) is 0 Å². The van der Waals surface area contributed by atoms with Crippen LogP contribution in [0.15, 0.2) is 194 Å². The van der Waals surface area contributed by atoms with Crippen molar-refractivity contribution in [3.8, 4) is 33.9 Å². The van der Waals surface area contributed by atoms with Crippen LogP contribution in [-0.2, 0) is 6.18 Å². The van der Waals surface area contributed by atoms with Crippen LogP contribution in [0.25, 0.3) is 121 Å². The van der Waals surface area contributed by atoms with Gasteiger partial charge in [0.05, 0.1) is 66.6 Å².